The Morgan fingerprint density at radius 2 is 2.00 bits per heavy atom. The SMILES string of the molecule is Cc1c(C(=O)NC[C@@H]2CCCO2)nn(-c2ccc(F)cc2)c1Oc1ccc([N+](=O)[O-])cc1S(=O)(=O)NCC(C)C. The molecule has 1 fully saturated rings. The van der Waals surface area contributed by atoms with Crippen LogP contribution < -0.4 is 14.8 Å². The minimum atomic E-state index is -4.24. The number of rotatable bonds is 11. The number of carbonyl (C=O) groups excluding carboxylic acids is 1. The van der Waals surface area contributed by atoms with Crippen LogP contribution in [0.15, 0.2) is 47.4 Å². The molecule has 0 bridgehead atoms. The number of amides is 1. The molecule has 2 heterocycles. The molecule has 1 aromatic heterocycles. The summed E-state index contributed by atoms with van der Waals surface area (Å²) >= 11 is 0. The number of nitro groups is 1. The smallest absolute Gasteiger partial charge is 0.272 e. The minimum Gasteiger partial charge on any atom is -0.437 e. The number of halogens is 1. The molecule has 1 aliphatic rings. The van der Waals surface area contributed by atoms with Crippen molar-refractivity contribution in [2.75, 3.05) is 19.7 Å². The van der Waals surface area contributed by atoms with Gasteiger partial charge in [0, 0.05) is 37.4 Å². The first-order valence-corrected chi connectivity index (χ1v) is 14.2. The molecule has 2 aromatic carbocycles. The average Bonchev–Trinajstić information content (AvgIpc) is 3.55. The Kier molecular flexibility index (Phi) is 8.81. The van der Waals surface area contributed by atoms with Gasteiger partial charge in [0.25, 0.3) is 11.6 Å². The van der Waals surface area contributed by atoms with Crippen LogP contribution in [-0.2, 0) is 14.8 Å². The number of nitrogens with one attached hydrogen (secondary N) is 2. The summed E-state index contributed by atoms with van der Waals surface area (Å²) in [7, 11) is -4.24. The van der Waals surface area contributed by atoms with E-state index in [1.54, 1.807) is 6.92 Å². The molecule has 1 saturated heterocycles. The Hall–Kier alpha value is -3.88. The predicted octanol–water partition coefficient (Wildman–Crippen LogP) is 3.86. The summed E-state index contributed by atoms with van der Waals surface area (Å²) in [5.74, 6) is -1.28. The third-order valence-corrected chi connectivity index (χ3v) is 7.63. The molecule has 1 atom stereocenters. The van der Waals surface area contributed by atoms with Gasteiger partial charge in [-0.1, -0.05) is 13.8 Å². The fraction of sp³-hybridized carbons (Fsp3) is 0.385. The molecule has 2 N–H and O–H groups in total. The lowest BCUT2D eigenvalue weighted by atomic mass is 10.2. The third kappa shape index (κ3) is 6.63. The topological polar surface area (TPSA) is 155 Å². The van der Waals surface area contributed by atoms with Crippen LogP contribution >= 0.6 is 0 Å². The summed E-state index contributed by atoms with van der Waals surface area (Å²) in [5.41, 5.74) is 0.157. The molecule has 1 aliphatic heterocycles. The van der Waals surface area contributed by atoms with Crippen LogP contribution in [0.25, 0.3) is 5.69 Å². The highest BCUT2D eigenvalue weighted by Crippen LogP contribution is 2.35. The van der Waals surface area contributed by atoms with E-state index in [0.29, 0.717) is 12.3 Å². The second kappa shape index (κ2) is 12.1. The molecule has 0 saturated carbocycles. The number of sulfonamides is 1. The maximum Gasteiger partial charge on any atom is 0.272 e. The number of hydrogen-bond acceptors (Lipinski definition) is 8. The van der Waals surface area contributed by atoms with Crippen LogP contribution in [0.1, 0.15) is 42.7 Å². The van der Waals surface area contributed by atoms with E-state index in [2.05, 4.69) is 15.1 Å². The molecular weight excluding hydrogens is 545 g/mol. The zero-order valence-corrected chi connectivity index (χ0v) is 23.0. The van der Waals surface area contributed by atoms with Gasteiger partial charge in [0.1, 0.15) is 16.5 Å². The normalized spacial score (nSPS) is 15.4. The summed E-state index contributed by atoms with van der Waals surface area (Å²) in [6.07, 6.45) is 1.62. The first-order valence-electron chi connectivity index (χ1n) is 12.7. The van der Waals surface area contributed by atoms with Crippen molar-refractivity contribution in [3.05, 3.63) is 69.7 Å². The van der Waals surface area contributed by atoms with Crippen molar-refractivity contribution in [2.45, 2.75) is 44.6 Å². The highest BCUT2D eigenvalue weighted by Gasteiger charge is 2.28. The molecule has 0 aliphatic carbocycles. The van der Waals surface area contributed by atoms with Gasteiger partial charge in [0.05, 0.1) is 16.7 Å². The zero-order chi connectivity index (χ0) is 29.0. The number of carbonyl (C=O) groups is 1. The van der Waals surface area contributed by atoms with E-state index < -0.39 is 37.3 Å². The molecule has 12 nitrogen and oxygen atoms in total. The summed E-state index contributed by atoms with van der Waals surface area (Å²) in [4.78, 5) is 23.3. The lowest BCUT2D eigenvalue weighted by molar-refractivity contribution is -0.385. The largest absolute Gasteiger partial charge is 0.437 e. The zero-order valence-electron chi connectivity index (χ0n) is 22.2. The lowest BCUT2D eigenvalue weighted by Gasteiger charge is -2.15. The number of non-ortho nitro benzene ring substituents is 1. The molecule has 14 heteroatoms. The Morgan fingerprint density at radius 3 is 2.62 bits per heavy atom. The van der Waals surface area contributed by atoms with Crippen molar-refractivity contribution in [3.63, 3.8) is 0 Å². The average molecular weight is 576 g/mol. The summed E-state index contributed by atoms with van der Waals surface area (Å²) in [6, 6.07) is 8.42. The van der Waals surface area contributed by atoms with Gasteiger partial charge in [-0.25, -0.2) is 17.5 Å². The fourth-order valence-corrected chi connectivity index (χ4v) is 5.39. The van der Waals surface area contributed by atoms with E-state index in [1.165, 1.54) is 35.0 Å². The van der Waals surface area contributed by atoms with E-state index in [4.69, 9.17) is 9.47 Å². The molecular formula is C26H30FN5O7S. The van der Waals surface area contributed by atoms with Gasteiger partial charge >= 0.3 is 0 Å². The van der Waals surface area contributed by atoms with Crippen LogP contribution in [0.4, 0.5) is 10.1 Å². The van der Waals surface area contributed by atoms with Gasteiger partial charge in [-0.3, -0.25) is 14.9 Å². The quantitative estimate of drug-likeness (QED) is 0.258. The number of benzene rings is 2. The molecule has 214 valence electrons. The molecule has 1 amide bonds. The summed E-state index contributed by atoms with van der Waals surface area (Å²) in [6.45, 7) is 6.19. The minimum absolute atomic E-state index is 0.00146. The van der Waals surface area contributed by atoms with Gasteiger partial charge in [-0.15, -0.1) is 0 Å². The lowest BCUT2D eigenvalue weighted by Crippen LogP contribution is -2.32. The van der Waals surface area contributed by atoms with E-state index in [1.807, 2.05) is 13.8 Å². The van der Waals surface area contributed by atoms with E-state index in [-0.39, 0.29) is 48.0 Å². The van der Waals surface area contributed by atoms with Gasteiger partial charge in [0.2, 0.25) is 15.9 Å². The maximum atomic E-state index is 13.7. The molecule has 0 spiro atoms. The number of nitrogens with zero attached hydrogens (tertiary/aromatic N) is 3. The van der Waals surface area contributed by atoms with Gasteiger partial charge < -0.3 is 14.8 Å². The van der Waals surface area contributed by atoms with E-state index >= 15 is 0 Å². The van der Waals surface area contributed by atoms with E-state index in [0.717, 1.165) is 25.0 Å². The third-order valence-electron chi connectivity index (χ3n) is 6.18. The van der Waals surface area contributed by atoms with Crippen molar-refractivity contribution < 1.29 is 32.0 Å². The van der Waals surface area contributed by atoms with Gasteiger partial charge in [-0.2, -0.15) is 9.78 Å². The second-order valence-corrected chi connectivity index (χ2v) is 11.5. The van der Waals surface area contributed by atoms with Crippen LogP contribution in [0.3, 0.4) is 0 Å². The predicted molar refractivity (Wildman–Crippen MR) is 143 cm³/mol. The van der Waals surface area contributed by atoms with Crippen LogP contribution in [-0.4, -0.2) is 54.8 Å². The number of hydrogen-bond donors (Lipinski definition) is 2. The van der Waals surface area contributed by atoms with Gasteiger partial charge in [0.15, 0.2) is 5.69 Å². The highest BCUT2D eigenvalue weighted by molar-refractivity contribution is 7.89. The van der Waals surface area contributed by atoms with Gasteiger partial charge in [-0.05, 0) is 56.0 Å². The monoisotopic (exact) mass is 575 g/mol. The number of ether oxygens (including phenoxy) is 2. The Balaban J connectivity index is 1.77. The van der Waals surface area contributed by atoms with E-state index in [9.17, 15) is 27.7 Å². The molecule has 0 radical (unpaired) electrons. The van der Waals surface area contributed by atoms with Crippen molar-refractivity contribution >= 4 is 21.6 Å². The second-order valence-electron chi connectivity index (χ2n) is 9.75. The summed E-state index contributed by atoms with van der Waals surface area (Å²) < 4.78 is 55.3. The van der Waals surface area contributed by atoms with Crippen LogP contribution in [0.2, 0.25) is 0 Å². The Labute approximate surface area is 230 Å². The maximum absolute atomic E-state index is 13.7. The van der Waals surface area contributed by atoms with Crippen LogP contribution in [0, 0.1) is 28.8 Å². The highest BCUT2D eigenvalue weighted by atomic mass is 32.2. The first kappa shape index (κ1) is 29.1. The fourth-order valence-electron chi connectivity index (χ4n) is 4.03. The number of aromatic nitrogens is 2. The standard InChI is InChI=1S/C26H30FN5O7S/c1-16(2)14-29-40(36,37)23-13-20(32(34)35)10-11-22(23)39-26-17(3)24(25(33)28-15-21-5-4-12-38-21)30-31(26)19-8-6-18(27)7-9-19/h6-11,13,16,21,29H,4-5,12,14-15H2,1-3H3,(H,28,33)/t21-/m0/s1. The molecule has 0 unspecified atom stereocenters. The molecule has 3 aromatic rings. The van der Waals surface area contributed by atoms with Crippen molar-refractivity contribution in [2.24, 2.45) is 5.92 Å². The van der Waals surface area contributed by atoms with Crippen molar-refractivity contribution in [3.8, 4) is 17.3 Å². The first-order chi connectivity index (χ1) is 19.0. The number of nitro benzene ring substituents is 1. The van der Waals surface area contributed by atoms with Crippen LogP contribution in [0.5, 0.6) is 11.6 Å². The molecule has 4 rings (SSSR count). The van der Waals surface area contributed by atoms with Crippen molar-refractivity contribution in [1.82, 2.24) is 19.8 Å². The Bertz CT molecular complexity index is 1500. The van der Waals surface area contributed by atoms with Crippen molar-refractivity contribution in [1.29, 1.82) is 0 Å². The summed E-state index contributed by atoms with van der Waals surface area (Å²) in [5, 5.41) is 18.6. The Morgan fingerprint density at radius 1 is 1.27 bits per heavy atom. The molecule has 40 heavy (non-hydrogen) atoms.